The smallest absolute Gasteiger partial charge is 0.00932 e. The van der Waals surface area contributed by atoms with Crippen molar-refractivity contribution in [2.45, 2.75) is 57.9 Å². The molecule has 0 aromatic heterocycles. The second-order valence-corrected chi connectivity index (χ2v) is 5.82. The molecule has 0 spiro atoms. The van der Waals surface area contributed by atoms with E-state index in [1.165, 1.54) is 58.0 Å². The van der Waals surface area contributed by atoms with Gasteiger partial charge in [-0.25, -0.2) is 0 Å². The monoisotopic (exact) mass is 224 g/mol. The Hall–Kier alpha value is -0.0800. The molecule has 2 N–H and O–H groups in total. The molecule has 2 aliphatic rings. The van der Waals surface area contributed by atoms with Crippen molar-refractivity contribution in [3.63, 3.8) is 0 Å². The third-order valence-corrected chi connectivity index (χ3v) is 4.76. The molecule has 2 fully saturated rings. The number of rotatable bonds is 4. The summed E-state index contributed by atoms with van der Waals surface area (Å²) in [4.78, 5) is 2.76. The normalized spacial score (nSPS) is 36.8. The molecule has 0 bridgehead atoms. The van der Waals surface area contributed by atoms with Gasteiger partial charge in [-0.3, -0.25) is 0 Å². The summed E-state index contributed by atoms with van der Waals surface area (Å²) in [5.74, 6) is 1.80. The molecule has 0 aromatic carbocycles. The molecule has 1 heterocycles. The molecule has 1 saturated carbocycles. The van der Waals surface area contributed by atoms with Crippen molar-refractivity contribution in [3.8, 4) is 0 Å². The van der Waals surface area contributed by atoms with E-state index < -0.39 is 0 Å². The molecule has 16 heavy (non-hydrogen) atoms. The van der Waals surface area contributed by atoms with Crippen molar-refractivity contribution >= 4 is 0 Å². The molecule has 1 aliphatic heterocycles. The summed E-state index contributed by atoms with van der Waals surface area (Å²) in [5.41, 5.74) is 5.75. The zero-order valence-electron chi connectivity index (χ0n) is 10.8. The quantitative estimate of drug-likeness (QED) is 0.795. The van der Waals surface area contributed by atoms with Crippen LogP contribution in [0, 0.1) is 11.8 Å². The minimum absolute atomic E-state index is 0.830. The van der Waals surface area contributed by atoms with Gasteiger partial charge in [0, 0.05) is 12.6 Å². The van der Waals surface area contributed by atoms with Gasteiger partial charge in [-0.15, -0.1) is 0 Å². The van der Waals surface area contributed by atoms with Crippen LogP contribution in [0.2, 0.25) is 0 Å². The Morgan fingerprint density at radius 1 is 1.06 bits per heavy atom. The van der Waals surface area contributed by atoms with Gasteiger partial charge < -0.3 is 10.6 Å². The molecule has 1 unspecified atom stereocenters. The largest absolute Gasteiger partial charge is 0.330 e. The Balaban J connectivity index is 1.73. The molecule has 0 amide bonds. The minimum atomic E-state index is 0.830. The van der Waals surface area contributed by atoms with Crippen LogP contribution in [0.3, 0.4) is 0 Å². The van der Waals surface area contributed by atoms with Crippen molar-refractivity contribution in [2.24, 2.45) is 17.6 Å². The van der Waals surface area contributed by atoms with E-state index in [9.17, 15) is 0 Å². The van der Waals surface area contributed by atoms with Gasteiger partial charge >= 0.3 is 0 Å². The van der Waals surface area contributed by atoms with Gasteiger partial charge in [0.05, 0.1) is 0 Å². The lowest BCUT2D eigenvalue weighted by Gasteiger charge is -2.33. The van der Waals surface area contributed by atoms with Crippen LogP contribution in [-0.2, 0) is 0 Å². The van der Waals surface area contributed by atoms with Crippen LogP contribution >= 0.6 is 0 Å². The van der Waals surface area contributed by atoms with Crippen molar-refractivity contribution in [1.29, 1.82) is 0 Å². The second-order valence-electron chi connectivity index (χ2n) is 5.82. The summed E-state index contributed by atoms with van der Waals surface area (Å²) < 4.78 is 0. The first-order valence-electron chi connectivity index (χ1n) is 7.27. The third kappa shape index (κ3) is 2.98. The van der Waals surface area contributed by atoms with Crippen LogP contribution in [0.25, 0.3) is 0 Å². The average Bonchev–Trinajstić information content (AvgIpc) is 2.77. The standard InChI is InChI=1S/C14H28N2/c1-2-14-4-3-9-16(14)11-13-7-5-12(10-15)6-8-13/h12-14H,2-11,15H2,1H3. The van der Waals surface area contributed by atoms with Gasteiger partial charge in [-0.1, -0.05) is 6.92 Å². The van der Waals surface area contributed by atoms with Crippen molar-refractivity contribution < 1.29 is 0 Å². The van der Waals surface area contributed by atoms with E-state index in [0.717, 1.165) is 24.4 Å². The van der Waals surface area contributed by atoms with Crippen molar-refractivity contribution in [3.05, 3.63) is 0 Å². The highest BCUT2D eigenvalue weighted by Crippen LogP contribution is 2.31. The van der Waals surface area contributed by atoms with E-state index in [-0.39, 0.29) is 0 Å². The topological polar surface area (TPSA) is 29.3 Å². The zero-order valence-corrected chi connectivity index (χ0v) is 10.8. The molecule has 94 valence electrons. The molecule has 1 atom stereocenters. The fraction of sp³-hybridized carbons (Fsp3) is 1.00. The maximum Gasteiger partial charge on any atom is 0.00932 e. The first kappa shape index (κ1) is 12.4. The maximum absolute atomic E-state index is 5.75. The lowest BCUT2D eigenvalue weighted by molar-refractivity contribution is 0.168. The van der Waals surface area contributed by atoms with Gasteiger partial charge in [0.25, 0.3) is 0 Å². The fourth-order valence-corrected chi connectivity index (χ4v) is 3.58. The zero-order chi connectivity index (χ0) is 11.4. The first-order valence-corrected chi connectivity index (χ1v) is 7.27. The lowest BCUT2D eigenvalue weighted by atomic mass is 9.82. The van der Waals surface area contributed by atoms with Crippen LogP contribution in [0.5, 0.6) is 0 Å². The van der Waals surface area contributed by atoms with Crippen LogP contribution < -0.4 is 5.73 Å². The molecule has 2 rings (SSSR count). The summed E-state index contributed by atoms with van der Waals surface area (Å²) in [6, 6.07) is 0.896. The van der Waals surface area contributed by atoms with Crippen molar-refractivity contribution in [2.75, 3.05) is 19.6 Å². The highest BCUT2D eigenvalue weighted by Gasteiger charge is 2.27. The summed E-state index contributed by atoms with van der Waals surface area (Å²) in [5, 5.41) is 0. The molecule has 2 nitrogen and oxygen atoms in total. The Bertz CT molecular complexity index is 197. The van der Waals surface area contributed by atoms with Crippen LogP contribution in [-0.4, -0.2) is 30.6 Å². The van der Waals surface area contributed by atoms with E-state index in [1.54, 1.807) is 0 Å². The van der Waals surface area contributed by atoms with E-state index in [0.29, 0.717) is 0 Å². The average molecular weight is 224 g/mol. The predicted molar refractivity (Wildman–Crippen MR) is 69.4 cm³/mol. The number of nitrogens with zero attached hydrogens (tertiary/aromatic N) is 1. The van der Waals surface area contributed by atoms with Gasteiger partial charge in [-0.2, -0.15) is 0 Å². The van der Waals surface area contributed by atoms with Gasteiger partial charge in [0.1, 0.15) is 0 Å². The highest BCUT2D eigenvalue weighted by atomic mass is 15.2. The van der Waals surface area contributed by atoms with E-state index in [1.807, 2.05) is 0 Å². The van der Waals surface area contributed by atoms with Gasteiger partial charge in [0.2, 0.25) is 0 Å². The maximum atomic E-state index is 5.75. The Morgan fingerprint density at radius 2 is 1.75 bits per heavy atom. The second kappa shape index (κ2) is 6.02. The molecule has 1 aliphatic carbocycles. The molecular weight excluding hydrogens is 196 g/mol. The number of nitrogens with two attached hydrogens (primary N) is 1. The Kier molecular flexibility index (Phi) is 4.66. The summed E-state index contributed by atoms with van der Waals surface area (Å²) >= 11 is 0. The van der Waals surface area contributed by atoms with E-state index >= 15 is 0 Å². The predicted octanol–water partition coefficient (Wildman–Crippen LogP) is 2.63. The van der Waals surface area contributed by atoms with Gasteiger partial charge in [0.15, 0.2) is 0 Å². The number of likely N-dealkylation sites (tertiary alicyclic amines) is 1. The molecule has 0 aromatic rings. The minimum Gasteiger partial charge on any atom is -0.330 e. The highest BCUT2D eigenvalue weighted by molar-refractivity contribution is 4.82. The van der Waals surface area contributed by atoms with Crippen LogP contribution in [0.15, 0.2) is 0 Å². The third-order valence-electron chi connectivity index (χ3n) is 4.76. The van der Waals surface area contributed by atoms with E-state index in [2.05, 4.69) is 11.8 Å². The first-order chi connectivity index (χ1) is 7.83. The molecule has 0 radical (unpaired) electrons. The Morgan fingerprint density at radius 3 is 2.38 bits per heavy atom. The summed E-state index contributed by atoms with van der Waals surface area (Å²) in [6.07, 6.45) is 9.82. The van der Waals surface area contributed by atoms with Crippen LogP contribution in [0.1, 0.15) is 51.9 Å². The molecule has 2 heteroatoms. The number of hydrogen-bond donors (Lipinski definition) is 1. The SMILES string of the molecule is CCC1CCCN1CC1CCC(CN)CC1. The fourth-order valence-electron chi connectivity index (χ4n) is 3.58. The Labute approximate surface area is 101 Å². The molecule has 1 saturated heterocycles. The lowest BCUT2D eigenvalue weighted by Crippen LogP contribution is -2.35. The summed E-state index contributed by atoms with van der Waals surface area (Å²) in [7, 11) is 0. The van der Waals surface area contributed by atoms with Crippen molar-refractivity contribution in [1.82, 2.24) is 4.90 Å². The van der Waals surface area contributed by atoms with E-state index in [4.69, 9.17) is 5.73 Å². The van der Waals surface area contributed by atoms with Crippen LogP contribution in [0.4, 0.5) is 0 Å². The number of hydrogen-bond acceptors (Lipinski definition) is 2. The molecular formula is C14H28N2. The summed E-state index contributed by atoms with van der Waals surface area (Å²) in [6.45, 7) is 5.98. The van der Waals surface area contributed by atoms with Gasteiger partial charge in [-0.05, 0) is 69.9 Å².